The van der Waals surface area contributed by atoms with Crippen LogP contribution in [0.25, 0.3) is 0 Å². The molecule has 0 radical (unpaired) electrons. The first-order valence-corrected chi connectivity index (χ1v) is 5.61. The molecule has 1 fully saturated rings. The minimum absolute atomic E-state index is 0.00407. The Kier molecular flexibility index (Phi) is 2.83. The molecular weight excluding hydrogens is 214 g/mol. The SMILES string of the molecule is O=C1CCNC(c2csc(C(=O)O)c2)C1. The Hall–Kier alpha value is -1.20. The molecule has 1 aromatic heterocycles. The second-order valence-electron chi connectivity index (χ2n) is 3.55. The Balaban J connectivity index is 2.14. The predicted octanol–water partition coefficient (Wildman–Crippen LogP) is 1.44. The number of ketones is 1. The van der Waals surface area contributed by atoms with Crippen LogP contribution in [-0.4, -0.2) is 23.4 Å². The maximum absolute atomic E-state index is 11.2. The van der Waals surface area contributed by atoms with Crippen LogP contribution in [0.2, 0.25) is 0 Å². The normalized spacial score (nSPS) is 21.6. The van der Waals surface area contributed by atoms with Gasteiger partial charge in [0.25, 0.3) is 0 Å². The summed E-state index contributed by atoms with van der Waals surface area (Å²) in [6, 6.07) is 1.64. The van der Waals surface area contributed by atoms with Gasteiger partial charge in [-0.05, 0) is 17.0 Å². The third-order valence-corrected chi connectivity index (χ3v) is 3.40. The highest BCUT2D eigenvalue weighted by molar-refractivity contribution is 7.12. The molecule has 0 amide bonds. The van der Waals surface area contributed by atoms with Gasteiger partial charge in [-0.25, -0.2) is 4.79 Å². The molecule has 0 bridgehead atoms. The van der Waals surface area contributed by atoms with Gasteiger partial charge in [0, 0.05) is 25.4 Å². The lowest BCUT2D eigenvalue weighted by Crippen LogP contribution is -2.31. The number of carboxylic acids is 1. The molecule has 15 heavy (non-hydrogen) atoms. The van der Waals surface area contributed by atoms with Gasteiger partial charge in [0.05, 0.1) is 0 Å². The van der Waals surface area contributed by atoms with Crippen LogP contribution in [0.4, 0.5) is 0 Å². The number of aromatic carboxylic acids is 1. The molecule has 1 saturated heterocycles. The van der Waals surface area contributed by atoms with Gasteiger partial charge in [-0.3, -0.25) is 4.79 Å². The molecule has 1 aliphatic rings. The number of carbonyl (C=O) groups is 2. The number of piperidine rings is 1. The lowest BCUT2D eigenvalue weighted by atomic mass is 9.99. The van der Waals surface area contributed by atoms with Crippen molar-refractivity contribution in [1.82, 2.24) is 5.32 Å². The molecule has 2 N–H and O–H groups in total. The van der Waals surface area contributed by atoms with E-state index in [1.54, 1.807) is 11.4 Å². The number of nitrogens with one attached hydrogen (secondary N) is 1. The zero-order chi connectivity index (χ0) is 10.8. The van der Waals surface area contributed by atoms with Crippen LogP contribution < -0.4 is 5.32 Å². The van der Waals surface area contributed by atoms with Crippen LogP contribution in [0.1, 0.15) is 34.1 Å². The molecule has 1 unspecified atom stereocenters. The van der Waals surface area contributed by atoms with Crippen molar-refractivity contribution in [2.45, 2.75) is 18.9 Å². The highest BCUT2D eigenvalue weighted by Gasteiger charge is 2.21. The van der Waals surface area contributed by atoms with Gasteiger partial charge in [0.15, 0.2) is 0 Å². The van der Waals surface area contributed by atoms with Crippen molar-refractivity contribution < 1.29 is 14.7 Å². The maximum Gasteiger partial charge on any atom is 0.345 e. The fraction of sp³-hybridized carbons (Fsp3) is 0.400. The van der Waals surface area contributed by atoms with E-state index in [1.165, 1.54) is 11.3 Å². The van der Waals surface area contributed by atoms with Crippen LogP contribution in [0.5, 0.6) is 0 Å². The fourth-order valence-electron chi connectivity index (χ4n) is 1.67. The van der Waals surface area contributed by atoms with Gasteiger partial charge in [-0.1, -0.05) is 0 Å². The molecule has 5 heteroatoms. The highest BCUT2D eigenvalue weighted by Crippen LogP contribution is 2.25. The molecule has 0 aromatic carbocycles. The molecule has 1 atom stereocenters. The molecule has 4 nitrogen and oxygen atoms in total. The van der Waals surface area contributed by atoms with Gasteiger partial charge in [0.1, 0.15) is 10.7 Å². The molecular formula is C10H11NO3S. The van der Waals surface area contributed by atoms with Gasteiger partial charge in [-0.2, -0.15) is 0 Å². The van der Waals surface area contributed by atoms with Crippen molar-refractivity contribution in [2.75, 3.05) is 6.54 Å². The van der Waals surface area contributed by atoms with Crippen molar-refractivity contribution in [3.8, 4) is 0 Å². The summed E-state index contributed by atoms with van der Waals surface area (Å²) in [4.78, 5) is 22.2. The summed E-state index contributed by atoms with van der Waals surface area (Å²) in [6.45, 7) is 0.682. The Morgan fingerprint density at radius 1 is 1.60 bits per heavy atom. The first-order valence-electron chi connectivity index (χ1n) is 4.73. The van der Waals surface area contributed by atoms with Gasteiger partial charge >= 0.3 is 5.97 Å². The third kappa shape index (κ3) is 2.24. The number of Topliss-reactive ketones (excluding diaryl/α,β-unsaturated/α-hetero) is 1. The molecule has 80 valence electrons. The van der Waals surface area contributed by atoms with E-state index in [1.807, 2.05) is 0 Å². The third-order valence-electron chi connectivity index (χ3n) is 2.46. The van der Waals surface area contributed by atoms with Crippen molar-refractivity contribution in [3.05, 3.63) is 21.9 Å². The monoisotopic (exact) mass is 225 g/mol. The molecule has 1 aromatic rings. The Labute approximate surface area is 90.9 Å². The predicted molar refractivity (Wildman–Crippen MR) is 56.3 cm³/mol. The van der Waals surface area contributed by atoms with Crippen molar-refractivity contribution in [3.63, 3.8) is 0 Å². The van der Waals surface area contributed by atoms with E-state index in [0.717, 1.165) is 5.56 Å². The van der Waals surface area contributed by atoms with Crippen molar-refractivity contribution in [1.29, 1.82) is 0 Å². The number of hydrogen-bond donors (Lipinski definition) is 2. The standard InChI is InChI=1S/C10H11NO3S/c12-7-1-2-11-8(4-7)6-3-9(10(13)14)15-5-6/h3,5,8,11H,1-2,4H2,(H,13,14). The van der Waals surface area contributed by atoms with Crippen LogP contribution in [-0.2, 0) is 4.79 Å². The molecule has 0 aliphatic carbocycles. The Morgan fingerprint density at radius 3 is 3.00 bits per heavy atom. The lowest BCUT2D eigenvalue weighted by molar-refractivity contribution is -0.120. The average molecular weight is 225 g/mol. The summed E-state index contributed by atoms with van der Waals surface area (Å²) in [5.41, 5.74) is 0.908. The molecule has 1 aliphatic heterocycles. The average Bonchev–Trinajstić information content (AvgIpc) is 2.66. The number of carboxylic acid groups (broad SMARTS) is 1. The maximum atomic E-state index is 11.2. The Morgan fingerprint density at radius 2 is 2.40 bits per heavy atom. The van der Waals surface area contributed by atoms with Crippen molar-refractivity contribution >= 4 is 23.1 Å². The number of rotatable bonds is 2. The smallest absolute Gasteiger partial charge is 0.345 e. The quantitative estimate of drug-likeness (QED) is 0.799. The summed E-state index contributed by atoms with van der Waals surface area (Å²) >= 11 is 1.20. The topological polar surface area (TPSA) is 66.4 Å². The largest absolute Gasteiger partial charge is 0.477 e. The first-order chi connectivity index (χ1) is 7.16. The van der Waals surface area contributed by atoms with E-state index in [4.69, 9.17) is 5.11 Å². The van der Waals surface area contributed by atoms with Crippen LogP contribution in [0, 0.1) is 0 Å². The lowest BCUT2D eigenvalue weighted by Gasteiger charge is -2.21. The fourth-order valence-corrected chi connectivity index (χ4v) is 2.47. The zero-order valence-electron chi connectivity index (χ0n) is 8.03. The van der Waals surface area contributed by atoms with E-state index in [0.29, 0.717) is 24.3 Å². The van der Waals surface area contributed by atoms with E-state index in [-0.39, 0.29) is 11.8 Å². The summed E-state index contributed by atoms with van der Waals surface area (Å²) < 4.78 is 0. The number of carbonyl (C=O) groups excluding carboxylic acids is 1. The van der Waals surface area contributed by atoms with E-state index < -0.39 is 5.97 Å². The second kappa shape index (κ2) is 4.12. The second-order valence-corrected chi connectivity index (χ2v) is 4.46. The minimum atomic E-state index is -0.909. The minimum Gasteiger partial charge on any atom is -0.477 e. The van der Waals surface area contributed by atoms with Gasteiger partial charge in [0.2, 0.25) is 0 Å². The van der Waals surface area contributed by atoms with Gasteiger partial charge < -0.3 is 10.4 Å². The van der Waals surface area contributed by atoms with E-state index >= 15 is 0 Å². The zero-order valence-corrected chi connectivity index (χ0v) is 8.84. The molecule has 0 spiro atoms. The Bertz CT molecular complexity index is 399. The summed E-state index contributed by atoms with van der Waals surface area (Å²) in [5, 5.41) is 13.8. The number of thiophene rings is 1. The van der Waals surface area contributed by atoms with Gasteiger partial charge in [-0.15, -0.1) is 11.3 Å². The first kappa shape index (κ1) is 10.3. The van der Waals surface area contributed by atoms with E-state index in [2.05, 4.69) is 5.32 Å². The molecule has 2 rings (SSSR count). The highest BCUT2D eigenvalue weighted by atomic mass is 32.1. The summed E-state index contributed by atoms with van der Waals surface area (Å²) in [5.74, 6) is -0.671. The van der Waals surface area contributed by atoms with Crippen molar-refractivity contribution in [2.24, 2.45) is 0 Å². The molecule has 2 heterocycles. The van der Waals surface area contributed by atoms with Crippen LogP contribution in [0.15, 0.2) is 11.4 Å². The summed E-state index contributed by atoms with van der Waals surface area (Å²) in [6.07, 6.45) is 1.04. The van der Waals surface area contributed by atoms with E-state index in [9.17, 15) is 9.59 Å². The van der Waals surface area contributed by atoms with Crippen LogP contribution >= 0.6 is 11.3 Å². The number of hydrogen-bond acceptors (Lipinski definition) is 4. The molecule has 0 saturated carbocycles. The van der Waals surface area contributed by atoms with Crippen LogP contribution in [0.3, 0.4) is 0 Å². The summed E-state index contributed by atoms with van der Waals surface area (Å²) in [7, 11) is 0.